The molecule has 2 aromatic rings. The Morgan fingerprint density at radius 1 is 1.26 bits per heavy atom. The Morgan fingerprint density at radius 2 is 2.00 bits per heavy atom. The predicted octanol–water partition coefficient (Wildman–Crippen LogP) is 3.28. The number of halogens is 1. The summed E-state index contributed by atoms with van der Waals surface area (Å²) in [5.74, 6) is 0.692. The monoisotopic (exact) mass is 259 g/mol. The molecule has 3 rings (SSSR count). The van der Waals surface area contributed by atoms with Crippen LogP contribution < -0.4 is 5.32 Å². The van der Waals surface area contributed by atoms with Gasteiger partial charge >= 0.3 is 0 Å². The molecule has 0 bridgehead atoms. The van der Waals surface area contributed by atoms with E-state index >= 15 is 0 Å². The largest absolute Gasteiger partial charge is 0.369 e. The van der Waals surface area contributed by atoms with Crippen LogP contribution in [0.15, 0.2) is 24.3 Å². The van der Waals surface area contributed by atoms with Gasteiger partial charge < -0.3 is 5.32 Å². The normalized spacial score (nSPS) is 14.3. The number of fused-ring (bicyclic) bond motifs is 1. The van der Waals surface area contributed by atoms with Crippen LogP contribution in [0.4, 0.5) is 10.2 Å². The van der Waals surface area contributed by atoms with Gasteiger partial charge in [-0.15, -0.1) is 0 Å². The van der Waals surface area contributed by atoms with E-state index in [1.165, 1.54) is 11.6 Å². The molecule has 1 aliphatic heterocycles. The van der Waals surface area contributed by atoms with E-state index in [1.807, 2.05) is 6.07 Å². The van der Waals surface area contributed by atoms with E-state index in [2.05, 4.69) is 31.2 Å². The zero-order valence-corrected chi connectivity index (χ0v) is 11.5. The summed E-state index contributed by atoms with van der Waals surface area (Å²) in [6.45, 7) is 7.31. The number of aromatic nitrogens is 2. The van der Waals surface area contributed by atoms with Crippen molar-refractivity contribution in [3.63, 3.8) is 0 Å². The van der Waals surface area contributed by atoms with E-state index < -0.39 is 0 Å². The van der Waals surface area contributed by atoms with Gasteiger partial charge in [0.25, 0.3) is 0 Å². The molecule has 1 aromatic carbocycles. The topological polar surface area (TPSA) is 29.9 Å². The Hall–Kier alpha value is -1.84. The van der Waals surface area contributed by atoms with E-state index in [-0.39, 0.29) is 11.2 Å². The summed E-state index contributed by atoms with van der Waals surface area (Å²) in [5.41, 5.74) is 2.74. The highest BCUT2D eigenvalue weighted by Crippen LogP contribution is 2.35. The third-order valence-corrected chi connectivity index (χ3v) is 3.44. The van der Waals surface area contributed by atoms with Gasteiger partial charge in [0, 0.05) is 17.5 Å². The van der Waals surface area contributed by atoms with E-state index in [9.17, 15) is 4.39 Å². The van der Waals surface area contributed by atoms with Crippen LogP contribution in [0, 0.1) is 5.82 Å². The van der Waals surface area contributed by atoms with Crippen molar-refractivity contribution in [3.8, 4) is 5.69 Å². The number of para-hydroxylation sites is 1. The van der Waals surface area contributed by atoms with Crippen LogP contribution in [0.5, 0.6) is 0 Å². The first-order valence-electron chi connectivity index (χ1n) is 6.59. The van der Waals surface area contributed by atoms with E-state index in [0.29, 0.717) is 5.69 Å². The maximum absolute atomic E-state index is 14.0. The van der Waals surface area contributed by atoms with Gasteiger partial charge in [-0.05, 0) is 18.6 Å². The zero-order valence-electron chi connectivity index (χ0n) is 11.5. The third kappa shape index (κ3) is 1.91. The fraction of sp³-hybridized carbons (Fsp3) is 0.400. The lowest BCUT2D eigenvalue weighted by atomic mass is 9.89. The van der Waals surface area contributed by atoms with E-state index in [0.717, 1.165) is 24.5 Å². The first-order valence-corrected chi connectivity index (χ1v) is 6.59. The molecule has 19 heavy (non-hydrogen) atoms. The van der Waals surface area contributed by atoms with Crippen LogP contribution in [0.25, 0.3) is 5.69 Å². The van der Waals surface area contributed by atoms with Gasteiger partial charge in [0.1, 0.15) is 17.3 Å². The second kappa shape index (κ2) is 4.08. The van der Waals surface area contributed by atoms with Gasteiger partial charge in [-0.3, -0.25) is 0 Å². The van der Waals surface area contributed by atoms with Crippen molar-refractivity contribution in [2.45, 2.75) is 32.6 Å². The lowest BCUT2D eigenvalue weighted by Crippen LogP contribution is -2.15. The minimum absolute atomic E-state index is 0.0351. The molecular formula is C15H18FN3. The maximum Gasteiger partial charge on any atom is 0.148 e. The molecule has 100 valence electrons. The van der Waals surface area contributed by atoms with Crippen LogP contribution in [0.3, 0.4) is 0 Å². The number of hydrogen-bond acceptors (Lipinski definition) is 2. The number of anilines is 1. The van der Waals surface area contributed by atoms with Gasteiger partial charge in [0.2, 0.25) is 0 Å². The van der Waals surface area contributed by atoms with Crippen molar-refractivity contribution in [3.05, 3.63) is 41.3 Å². The SMILES string of the molecule is CC(C)(C)c1nn(-c2ccccc2F)c2c1CCN2. The van der Waals surface area contributed by atoms with Crippen LogP contribution in [-0.4, -0.2) is 16.3 Å². The Bertz CT molecular complexity index is 623. The minimum atomic E-state index is -0.248. The summed E-state index contributed by atoms with van der Waals surface area (Å²) in [5, 5.41) is 7.97. The molecule has 0 atom stereocenters. The molecule has 1 aliphatic rings. The van der Waals surface area contributed by atoms with Gasteiger partial charge in [-0.2, -0.15) is 5.10 Å². The summed E-state index contributed by atoms with van der Waals surface area (Å²) in [6, 6.07) is 6.75. The zero-order chi connectivity index (χ0) is 13.6. The molecule has 2 heterocycles. The average Bonchev–Trinajstić information content (AvgIpc) is 2.89. The van der Waals surface area contributed by atoms with Gasteiger partial charge in [0.15, 0.2) is 0 Å². The Kier molecular flexibility index (Phi) is 2.62. The Balaban J connectivity index is 2.22. The summed E-state index contributed by atoms with van der Waals surface area (Å²) in [6.07, 6.45) is 0.955. The summed E-state index contributed by atoms with van der Waals surface area (Å²) < 4.78 is 15.7. The van der Waals surface area contributed by atoms with Crippen LogP contribution in [0.1, 0.15) is 32.0 Å². The van der Waals surface area contributed by atoms with Crippen LogP contribution >= 0.6 is 0 Å². The summed E-state index contributed by atoms with van der Waals surface area (Å²) in [7, 11) is 0. The van der Waals surface area contributed by atoms with Crippen molar-refractivity contribution in [1.29, 1.82) is 0 Å². The van der Waals surface area contributed by atoms with Crippen molar-refractivity contribution in [1.82, 2.24) is 9.78 Å². The number of rotatable bonds is 1. The average molecular weight is 259 g/mol. The highest BCUT2D eigenvalue weighted by molar-refractivity contribution is 5.58. The number of nitrogens with zero attached hydrogens (tertiary/aromatic N) is 2. The smallest absolute Gasteiger partial charge is 0.148 e. The number of hydrogen-bond donors (Lipinski definition) is 1. The molecule has 3 nitrogen and oxygen atoms in total. The van der Waals surface area contributed by atoms with Gasteiger partial charge in [-0.25, -0.2) is 9.07 Å². The lowest BCUT2D eigenvalue weighted by molar-refractivity contribution is 0.549. The molecule has 0 unspecified atom stereocenters. The van der Waals surface area contributed by atoms with Gasteiger partial charge in [-0.1, -0.05) is 32.9 Å². The highest BCUT2D eigenvalue weighted by Gasteiger charge is 2.30. The molecule has 0 radical (unpaired) electrons. The Labute approximate surface area is 112 Å². The standard InChI is InChI=1S/C15H18FN3/c1-15(2,3)13-10-8-9-17-14(10)19(18-13)12-7-5-4-6-11(12)16/h4-7,17H,8-9H2,1-3H3. The highest BCUT2D eigenvalue weighted by atomic mass is 19.1. The third-order valence-electron chi connectivity index (χ3n) is 3.44. The lowest BCUT2D eigenvalue weighted by Gasteiger charge is -2.16. The summed E-state index contributed by atoms with van der Waals surface area (Å²) in [4.78, 5) is 0. The molecule has 0 saturated carbocycles. The van der Waals surface area contributed by atoms with Crippen molar-refractivity contribution >= 4 is 5.82 Å². The van der Waals surface area contributed by atoms with Gasteiger partial charge in [0.05, 0.1) is 5.69 Å². The molecule has 0 aliphatic carbocycles. The quantitative estimate of drug-likeness (QED) is 0.851. The molecular weight excluding hydrogens is 241 g/mol. The molecule has 1 aromatic heterocycles. The molecule has 0 saturated heterocycles. The van der Waals surface area contributed by atoms with Crippen LogP contribution in [-0.2, 0) is 11.8 Å². The summed E-state index contributed by atoms with van der Waals surface area (Å²) >= 11 is 0. The predicted molar refractivity (Wildman–Crippen MR) is 74.4 cm³/mol. The van der Waals surface area contributed by atoms with E-state index in [1.54, 1.807) is 16.8 Å². The molecule has 0 spiro atoms. The fourth-order valence-corrected chi connectivity index (χ4v) is 2.58. The fourth-order valence-electron chi connectivity index (χ4n) is 2.58. The second-order valence-electron chi connectivity index (χ2n) is 5.97. The van der Waals surface area contributed by atoms with Crippen molar-refractivity contribution in [2.24, 2.45) is 0 Å². The van der Waals surface area contributed by atoms with E-state index in [4.69, 9.17) is 0 Å². The molecule has 0 amide bonds. The minimum Gasteiger partial charge on any atom is -0.369 e. The number of benzene rings is 1. The second-order valence-corrected chi connectivity index (χ2v) is 5.97. The van der Waals surface area contributed by atoms with Crippen LogP contribution in [0.2, 0.25) is 0 Å². The number of nitrogens with one attached hydrogen (secondary N) is 1. The maximum atomic E-state index is 14.0. The first-order chi connectivity index (χ1) is 8.98. The first kappa shape index (κ1) is 12.2. The Morgan fingerprint density at radius 3 is 2.68 bits per heavy atom. The van der Waals surface area contributed by atoms with Crippen molar-refractivity contribution < 1.29 is 4.39 Å². The molecule has 0 fully saturated rings. The van der Waals surface area contributed by atoms with Crippen molar-refractivity contribution in [2.75, 3.05) is 11.9 Å². The molecule has 1 N–H and O–H groups in total. The molecule has 4 heteroatoms.